The monoisotopic (exact) mass is 479 g/mol. The summed E-state index contributed by atoms with van der Waals surface area (Å²) in [6.45, 7) is 8.64. The van der Waals surface area contributed by atoms with Gasteiger partial charge in [0.25, 0.3) is 0 Å². The van der Waals surface area contributed by atoms with Crippen LogP contribution in [-0.2, 0) is 70.4 Å². The number of hydrogen-bond donors (Lipinski definition) is 2. The maximum absolute atomic E-state index is 8.52. The summed E-state index contributed by atoms with van der Waals surface area (Å²) in [5.74, 6) is 0. The number of fused-ring (bicyclic) bond motifs is 3. The van der Waals surface area contributed by atoms with E-state index in [-0.39, 0.29) is 49.6 Å². The summed E-state index contributed by atoms with van der Waals surface area (Å²) in [4.78, 5) is 3.69. The normalized spacial score (nSPS) is 19.0. The third-order valence-electron chi connectivity index (χ3n) is 2.50. The van der Waals surface area contributed by atoms with Gasteiger partial charge in [-0.3, -0.25) is 16.8 Å². The number of quaternary nitrogens is 2. The molecule has 3 rings (SSSR count). The summed E-state index contributed by atoms with van der Waals surface area (Å²) in [5.41, 5.74) is 0. The predicted molar refractivity (Wildman–Crippen MR) is 81.3 cm³/mol. The van der Waals surface area contributed by atoms with E-state index in [0.29, 0.717) is 0 Å². The van der Waals surface area contributed by atoms with Gasteiger partial charge in [0, 0.05) is 20.8 Å². The number of rotatable bonds is 0. The maximum atomic E-state index is 8.52. The van der Waals surface area contributed by atoms with Gasteiger partial charge in [-0.2, -0.15) is 0 Å². The van der Waals surface area contributed by atoms with Crippen LogP contribution in [0.15, 0.2) is 0 Å². The van der Waals surface area contributed by atoms with Crippen molar-refractivity contribution in [2.45, 2.75) is 0 Å². The predicted octanol–water partition coefficient (Wildman–Crippen LogP) is -11.4. The quantitative estimate of drug-likeness (QED) is 0.190. The third-order valence-corrected chi connectivity index (χ3v) is 2.50. The Hall–Kier alpha value is -0.0735. The molecule has 0 aromatic rings. The van der Waals surface area contributed by atoms with E-state index in [1.807, 2.05) is 9.80 Å². The van der Waals surface area contributed by atoms with E-state index >= 15 is 0 Å². The molecule has 2 bridgehead atoms. The topological polar surface area (TPSA) is 367 Å². The molecule has 0 atom stereocenters. The van der Waals surface area contributed by atoms with Crippen molar-refractivity contribution in [1.29, 1.82) is 0 Å². The first-order valence-electron chi connectivity index (χ1n) is 4.95. The van der Waals surface area contributed by atoms with Crippen LogP contribution < -0.4 is 9.80 Å². The fourth-order valence-corrected chi connectivity index (χ4v) is 1.81. The molecule has 0 aromatic carbocycles. The summed E-state index contributed by atoms with van der Waals surface area (Å²) >= 11 is 0. The molecule has 0 spiro atoms. The van der Waals surface area contributed by atoms with Crippen LogP contribution in [0.3, 0.4) is 0 Å². The van der Waals surface area contributed by atoms with Gasteiger partial charge in [0.05, 0.1) is 0 Å². The van der Waals surface area contributed by atoms with E-state index in [0.717, 1.165) is 0 Å². The van der Waals surface area contributed by atoms with Crippen LogP contribution in [0.25, 0.3) is 0 Å². The second-order valence-corrected chi connectivity index (χ2v) is 5.45. The summed E-state index contributed by atoms with van der Waals surface area (Å²) in [7, 11) is -10.3. The molecule has 1 radical (unpaired) electrons. The van der Waals surface area contributed by atoms with Crippen molar-refractivity contribution in [1.82, 2.24) is 0 Å². The number of piperazine rings is 3. The molecule has 16 nitrogen and oxygen atoms in total. The van der Waals surface area contributed by atoms with E-state index < -0.39 is 20.8 Å². The van der Waals surface area contributed by atoms with Crippen LogP contribution in [-0.4, -0.2) is 74.3 Å². The molecule has 3 aliphatic rings. The molecule has 25 heavy (non-hydrogen) atoms. The molecule has 19 heteroatoms. The Labute approximate surface area is 155 Å². The fraction of sp³-hybridized carbons (Fsp3) is 1.00. The van der Waals surface area contributed by atoms with E-state index in [1.54, 1.807) is 0 Å². The first kappa shape index (κ1) is 49.8. The fourth-order valence-electron chi connectivity index (χ4n) is 1.81. The Kier molecular flexibility index (Phi) is 43.8. The summed E-state index contributed by atoms with van der Waals surface area (Å²) < 4.78 is 68.2. The van der Waals surface area contributed by atoms with E-state index in [9.17, 15) is 0 Å². The van der Waals surface area contributed by atoms with Gasteiger partial charge in [-0.05, 0) is 0 Å². The molecule has 20 N–H and O–H groups in total. The molecule has 0 aromatic heterocycles. The zero-order valence-electron chi connectivity index (χ0n) is 13.1. The second kappa shape index (κ2) is 22.0. The van der Waals surface area contributed by atoms with Gasteiger partial charge in [0.1, 0.15) is 39.3 Å². The van der Waals surface area contributed by atoms with Crippen LogP contribution in [0.2, 0.25) is 0 Å². The largest absolute Gasteiger partial charge is 2.00 e. The standard InChI is InChI=1S/C6H12N2.Co.2H2O4S.6H2O/c1-2-8-5-3-7(1)4-6-8;;2*1-5(2,3)4;;;;;;/h1-6H2;;2*(H2,1,2,3,4);6*1H2/q;+2;;;;;;;;/p+4. The van der Waals surface area contributed by atoms with Crippen LogP contribution in [0.4, 0.5) is 0 Å². The summed E-state index contributed by atoms with van der Waals surface area (Å²) in [5, 5.41) is 0. The number of hydrogen-bond acceptors (Lipinski definition) is 8. The van der Waals surface area contributed by atoms with Crippen molar-refractivity contribution in [3.8, 4) is 0 Å². The van der Waals surface area contributed by atoms with Crippen molar-refractivity contribution >= 4 is 20.8 Å². The molecule has 3 aliphatic heterocycles. The van der Waals surface area contributed by atoms with Crippen molar-refractivity contribution in [3.05, 3.63) is 0 Å². The molecule has 0 saturated carbocycles. The van der Waals surface area contributed by atoms with Crippen molar-refractivity contribution in [2.24, 2.45) is 0 Å². The number of nitrogens with one attached hydrogen (secondary N) is 2. The molecule has 0 aliphatic carbocycles. The van der Waals surface area contributed by atoms with Gasteiger partial charge in [-0.15, -0.1) is 0 Å². The van der Waals surface area contributed by atoms with E-state index in [2.05, 4.69) is 0 Å². The van der Waals surface area contributed by atoms with E-state index in [1.165, 1.54) is 39.3 Å². The van der Waals surface area contributed by atoms with Crippen LogP contribution in [0.5, 0.6) is 0 Å². The smallest absolute Gasteiger partial charge is 0.759 e. The maximum Gasteiger partial charge on any atom is 2.00 e. The first-order valence-corrected chi connectivity index (χ1v) is 7.62. The first-order chi connectivity index (χ1) is 7.95. The molecular weight excluding hydrogens is 447 g/mol. The van der Waals surface area contributed by atoms with Crippen LogP contribution >= 0.6 is 0 Å². The third kappa shape index (κ3) is 51.6. The van der Waals surface area contributed by atoms with Crippen molar-refractivity contribution in [3.63, 3.8) is 0 Å². The zero-order chi connectivity index (χ0) is 14.4. The minimum Gasteiger partial charge on any atom is -0.759 e. The van der Waals surface area contributed by atoms with Gasteiger partial charge in [-0.25, -0.2) is 0 Å². The zero-order valence-corrected chi connectivity index (χ0v) is 15.8. The Morgan fingerprint density at radius 3 is 0.600 bits per heavy atom. The molecule has 3 fully saturated rings. The van der Waals surface area contributed by atoms with Gasteiger partial charge in [0.2, 0.25) is 0 Å². The Balaban J connectivity index is -0.0000000263. The molecule has 0 amide bonds. The van der Waals surface area contributed by atoms with Gasteiger partial charge in [-0.1, -0.05) is 0 Å². The van der Waals surface area contributed by atoms with Gasteiger partial charge >= 0.3 is 16.8 Å². The van der Waals surface area contributed by atoms with E-state index in [4.69, 9.17) is 35.0 Å². The van der Waals surface area contributed by atoms with Gasteiger partial charge in [0.15, 0.2) is 0 Å². The minimum atomic E-state index is -5.17. The molecule has 3 heterocycles. The SMILES string of the molecule is C1C[NH+]2CC[NH+]1CC2.O=S(=O)([O-])[O-].O=S(=O)([O-])[O-].[Co+2].[OH3+].[OH3+].[OH3+].[OH3+].[OH3+].[OH3+]. The van der Waals surface area contributed by atoms with Crippen LogP contribution in [0, 0.1) is 0 Å². The average molecular weight is 479 g/mol. The summed E-state index contributed by atoms with van der Waals surface area (Å²) in [6.07, 6.45) is 0. The molecular formula is C6H32CoN2O14S2+6. The Morgan fingerprint density at radius 2 is 0.560 bits per heavy atom. The average Bonchev–Trinajstić information content (AvgIpc) is 2.15. The Morgan fingerprint density at radius 1 is 0.480 bits per heavy atom. The van der Waals surface area contributed by atoms with Crippen molar-refractivity contribution < 1.29 is 94.5 Å². The second-order valence-electron chi connectivity index (χ2n) is 3.82. The molecule has 3 saturated heterocycles. The molecule has 165 valence electrons. The van der Waals surface area contributed by atoms with Gasteiger partial charge < -0.3 is 60.9 Å². The minimum absolute atomic E-state index is 0. The Bertz CT molecular complexity index is 367. The van der Waals surface area contributed by atoms with Crippen molar-refractivity contribution in [2.75, 3.05) is 39.3 Å². The summed E-state index contributed by atoms with van der Waals surface area (Å²) in [6, 6.07) is 0. The van der Waals surface area contributed by atoms with Crippen LogP contribution in [0.1, 0.15) is 0 Å². The molecule has 0 unspecified atom stereocenters.